The number of nitrogens with zero attached hydrogens (tertiary/aromatic N) is 1. The molecule has 4 aliphatic carbocycles. The predicted octanol–water partition coefficient (Wildman–Crippen LogP) is 0.502. The van der Waals surface area contributed by atoms with Gasteiger partial charge in [-0.1, -0.05) is 0 Å². The number of rotatable bonds is 2. The molecule has 0 unspecified atom stereocenters. The maximum atomic E-state index is 13.8. The number of ether oxygens (including phenoxy) is 3. The number of halogens is 1. The van der Waals surface area contributed by atoms with Crippen LogP contribution in [0.4, 0.5) is 4.39 Å². The van der Waals surface area contributed by atoms with Gasteiger partial charge in [0.15, 0.2) is 12.0 Å². The van der Waals surface area contributed by atoms with E-state index >= 15 is 0 Å². The third-order valence-electron chi connectivity index (χ3n) is 7.58. The standard InChI is InChI=1S/C19H23FN2O6/c20-12-6-22(18(25)21-16(12)24)17-15-14(13(7-23)26-17)27-19(28-15)10-2-8-1-9(4-10)5-11(19)3-8/h6,8-11,13-15,17,23H,1-5,7H2,(H,21,24,25)/t8?,9?,10?,11?,13-,14-,15-,17-,19?/m1/s1. The van der Waals surface area contributed by atoms with Gasteiger partial charge < -0.3 is 19.3 Å². The van der Waals surface area contributed by atoms with Gasteiger partial charge in [-0.15, -0.1) is 0 Å². The van der Waals surface area contributed by atoms with Gasteiger partial charge in [-0.25, -0.2) is 4.79 Å². The zero-order valence-electron chi connectivity index (χ0n) is 15.3. The van der Waals surface area contributed by atoms with Gasteiger partial charge in [0.25, 0.3) is 5.56 Å². The van der Waals surface area contributed by atoms with Crippen LogP contribution in [0.2, 0.25) is 0 Å². The highest BCUT2D eigenvalue weighted by Gasteiger charge is 2.68. The Hall–Kier alpha value is -1.55. The Morgan fingerprint density at radius 3 is 2.39 bits per heavy atom. The molecule has 2 aliphatic heterocycles. The lowest BCUT2D eigenvalue weighted by Crippen LogP contribution is -2.59. The van der Waals surface area contributed by atoms with Gasteiger partial charge in [-0.3, -0.25) is 14.3 Å². The Bertz CT molecular complexity index is 900. The second-order valence-corrected chi connectivity index (χ2v) is 9.08. The highest BCUT2D eigenvalue weighted by molar-refractivity contribution is 5.10. The average Bonchev–Trinajstić information content (AvgIpc) is 3.19. The van der Waals surface area contributed by atoms with E-state index in [0.29, 0.717) is 11.8 Å². The first kappa shape index (κ1) is 17.3. The summed E-state index contributed by atoms with van der Waals surface area (Å²) in [5.41, 5.74) is -1.85. The number of aliphatic hydroxyl groups excluding tert-OH is 1. The SMILES string of the molecule is O=c1[nH]c(=O)n([C@@H]2O[C@H](CO)[C@H]3OC4(O[C@H]32)C2CC3CC(C2)CC4C3)cc1F. The van der Waals surface area contributed by atoms with E-state index in [4.69, 9.17) is 14.2 Å². The van der Waals surface area contributed by atoms with Crippen LogP contribution in [0.25, 0.3) is 0 Å². The van der Waals surface area contributed by atoms with E-state index in [1.165, 1.54) is 6.42 Å². The summed E-state index contributed by atoms with van der Waals surface area (Å²) < 4.78 is 33.7. The summed E-state index contributed by atoms with van der Waals surface area (Å²) in [6, 6.07) is 0. The molecule has 2 N–H and O–H groups in total. The maximum absolute atomic E-state index is 13.8. The second-order valence-electron chi connectivity index (χ2n) is 9.08. The van der Waals surface area contributed by atoms with Gasteiger partial charge in [-0.2, -0.15) is 4.39 Å². The first-order valence-corrected chi connectivity index (χ1v) is 10.1. The molecule has 1 spiro atoms. The molecule has 0 amide bonds. The van der Waals surface area contributed by atoms with Crippen molar-refractivity contribution >= 4 is 0 Å². The largest absolute Gasteiger partial charge is 0.394 e. The van der Waals surface area contributed by atoms with Gasteiger partial charge in [0, 0.05) is 11.8 Å². The minimum Gasteiger partial charge on any atom is -0.394 e. The van der Waals surface area contributed by atoms with E-state index in [0.717, 1.165) is 48.3 Å². The van der Waals surface area contributed by atoms with Gasteiger partial charge in [0.1, 0.15) is 18.3 Å². The van der Waals surface area contributed by atoms with Gasteiger partial charge in [0.2, 0.25) is 5.82 Å². The van der Waals surface area contributed by atoms with Crippen molar-refractivity contribution in [3.05, 3.63) is 32.9 Å². The fourth-order valence-electron chi connectivity index (χ4n) is 6.68. The monoisotopic (exact) mass is 394 g/mol. The molecule has 9 heteroatoms. The molecule has 28 heavy (non-hydrogen) atoms. The lowest BCUT2D eigenvalue weighted by Gasteiger charge is -2.58. The summed E-state index contributed by atoms with van der Waals surface area (Å²) in [5.74, 6) is 0.296. The Labute approximate surface area is 159 Å². The first-order chi connectivity index (χ1) is 13.5. The number of H-pyrrole nitrogens is 1. The molecular formula is C19H23FN2O6. The molecule has 6 aliphatic rings. The average molecular weight is 394 g/mol. The van der Waals surface area contributed by atoms with Crippen LogP contribution in [-0.2, 0) is 14.2 Å². The van der Waals surface area contributed by atoms with Crippen molar-refractivity contribution < 1.29 is 23.7 Å². The molecule has 2 saturated heterocycles. The van der Waals surface area contributed by atoms with E-state index in [1.807, 2.05) is 4.98 Å². The Morgan fingerprint density at radius 2 is 1.75 bits per heavy atom. The summed E-state index contributed by atoms with van der Waals surface area (Å²) in [7, 11) is 0. The lowest BCUT2D eigenvalue weighted by molar-refractivity contribution is -0.316. The molecule has 4 atom stereocenters. The van der Waals surface area contributed by atoms with Crippen molar-refractivity contribution in [2.45, 2.75) is 62.4 Å². The number of fused-ring (bicyclic) bond motifs is 1. The third-order valence-corrected chi connectivity index (χ3v) is 7.58. The second kappa shape index (κ2) is 5.75. The normalized spacial score (nSPS) is 48.5. The first-order valence-electron chi connectivity index (χ1n) is 10.1. The quantitative estimate of drug-likeness (QED) is 0.757. The molecule has 0 aromatic carbocycles. The van der Waals surface area contributed by atoms with Crippen molar-refractivity contribution in [3.8, 4) is 0 Å². The lowest BCUT2D eigenvalue weighted by atomic mass is 9.53. The number of aromatic amines is 1. The summed E-state index contributed by atoms with van der Waals surface area (Å²) in [5, 5.41) is 9.80. The van der Waals surface area contributed by atoms with Crippen LogP contribution in [0.5, 0.6) is 0 Å². The zero-order valence-corrected chi connectivity index (χ0v) is 15.3. The molecule has 8 nitrogen and oxygen atoms in total. The summed E-state index contributed by atoms with van der Waals surface area (Å²) in [6.07, 6.45) is 3.65. The van der Waals surface area contributed by atoms with Gasteiger partial charge in [-0.05, 0) is 43.9 Å². The molecule has 3 heterocycles. The third kappa shape index (κ3) is 2.18. The number of aliphatic hydroxyl groups is 1. The van der Waals surface area contributed by atoms with Crippen LogP contribution in [0.1, 0.15) is 38.3 Å². The number of nitrogens with one attached hydrogen (secondary N) is 1. The number of hydrogen-bond donors (Lipinski definition) is 2. The zero-order chi connectivity index (χ0) is 19.2. The minimum absolute atomic E-state index is 0.293. The molecule has 1 aromatic rings. The van der Waals surface area contributed by atoms with E-state index in [9.17, 15) is 19.1 Å². The molecule has 4 bridgehead atoms. The van der Waals surface area contributed by atoms with Crippen molar-refractivity contribution in [2.75, 3.05) is 6.61 Å². The smallest absolute Gasteiger partial charge is 0.330 e. The van der Waals surface area contributed by atoms with E-state index < -0.39 is 47.4 Å². The van der Waals surface area contributed by atoms with Crippen LogP contribution in [0.15, 0.2) is 15.8 Å². The van der Waals surface area contributed by atoms with Crippen LogP contribution >= 0.6 is 0 Å². The van der Waals surface area contributed by atoms with Gasteiger partial charge >= 0.3 is 5.69 Å². The van der Waals surface area contributed by atoms with Crippen molar-refractivity contribution in [3.63, 3.8) is 0 Å². The Morgan fingerprint density at radius 1 is 1.11 bits per heavy atom. The van der Waals surface area contributed by atoms with Crippen molar-refractivity contribution in [1.29, 1.82) is 0 Å². The molecule has 7 rings (SSSR count). The topological polar surface area (TPSA) is 103 Å². The van der Waals surface area contributed by atoms with E-state index in [-0.39, 0.29) is 6.61 Å². The van der Waals surface area contributed by atoms with Crippen LogP contribution in [0, 0.1) is 29.5 Å². The molecule has 1 aromatic heterocycles. The minimum atomic E-state index is -1.07. The highest BCUT2D eigenvalue weighted by atomic mass is 19.1. The van der Waals surface area contributed by atoms with Crippen molar-refractivity contribution in [1.82, 2.24) is 9.55 Å². The van der Waals surface area contributed by atoms with Crippen LogP contribution in [0.3, 0.4) is 0 Å². The number of aromatic nitrogens is 2. The van der Waals surface area contributed by atoms with E-state index in [1.54, 1.807) is 0 Å². The molecule has 0 radical (unpaired) electrons. The molecule has 4 saturated carbocycles. The fourth-order valence-corrected chi connectivity index (χ4v) is 6.68. The summed E-state index contributed by atoms with van der Waals surface area (Å²) >= 11 is 0. The van der Waals surface area contributed by atoms with Crippen LogP contribution in [-0.4, -0.2) is 45.4 Å². The highest BCUT2D eigenvalue weighted by Crippen LogP contribution is 2.63. The van der Waals surface area contributed by atoms with Crippen LogP contribution < -0.4 is 11.2 Å². The molecule has 6 fully saturated rings. The predicted molar refractivity (Wildman–Crippen MR) is 91.8 cm³/mol. The summed E-state index contributed by atoms with van der Waals surface area (Å²) in [4.78, 5) is 25.6. The van der Waals surface area contributed by atoms with Crippen molar-refractivity contribution in [2.24, 2.45) is 23.7 Å². The Kier molecular flexibility index (Phi) is 3.56. The van der Waals surface area contributed by atoms with Gasteiger partial charge in [0.05, 0.1) is 12.8 Å². The molecular weight excluding hydrogens is 371 g/mol. The van der Waals surface area contributed by atoms with E-state index in [2.05, 4.69) is 0 Å². The maximum Gasteiger partial charge on any atom is 0.330 e. The molecule has 152 valence electrons. The fraction of sp³-hybridized carbons (Fsp3) is 0.789. The summed E-state index contributed by atoms with van der Waals surface area (Å²) in [6.45, 7) is -0.293. The Balaban J connectivity index is 1.38. The number of hydrogen-bond acceptors (Lipinski definition) is 6.